The summed E-state index contributed by atoms with van der Waals surface area (Å²) in [6.45, 7) is 4.35. The van der Waals surface area contributed by atoms with Crippen molar-refractivity contribution in [2.24, 2.45) is 0 Å². The Morgan fingerprint density at radius 1 is 1.09 bits per heavy atom. The molecule has 0 saturated carbocycles. The van der Waals surface area contributed by atoms with E-state index in [0.717, 1.165) is 6.42 Å². The first kappa shape index (κ1) is 7.77. The molecule has 0 amide bonds. The number of rotatable bonds is 0. The minimum atomic E-state index is -1.56. The van der Waals surface area contributed by atoms with Crippen molar-refractivity contribution < 1.29 is 8.85 Å². The standard InChI is InChI=1S/C8H16O2Si/c1-7-6-8(2)10-11(9-7)4-3-5-11/h7-8H,3-6H2,1-2H3. The topological polar surface area (TPSA) is 18.5 Å². The summed E-state index contributed by atoms with van der Waals surface area (Å²) in [4.78, 5) is 0. The van der Waals surface area contributed by atoms with Gasteiger partial charge in [0.05, 0.1) is 0 Å². The molecule has 11 heavy (non-hydrogen) atoms. The highest BCUT2D eigenvalue weighted by molar-refractivity contribution is 6.70. The quantitative estimate of drug-likeness (QED) is 0.521. The molecule has 64 valence electrons. The van der Waals surface area contributed by atoms with Crippen molar-refractivity contribution >= 4 is 8.56 Å². The highest BCUT2D eigenvalue weighted by Gasteiger charge is 2.49. The molecule has 2 rings (SSSR count). The van der Waals surface area contributed by atoms with Gasteiger partial charge in [0.1, 0.15) is 0 Å². The van der Waals surface area contributed by atoms with E-state index in [1.54, 1.807) is 0 Å². The van der Waals surface area contributed by atoms with E-state index in [0.29, 0.717) is 12.2 Å². The fourth-order valence-electron chi connectivity index (χ4n) is 2.03. The van der Waals surface area contributed by atoms with Gasteiger partial charge >= 0.3 is 8.56 Å². The largest absolute Gasteiger partial charge is 0.391 e. The normalized spacial score (nSPS) is 42.0. The van der Waals surface area contributed by atoms with Crippen LogP contribution in [-0.4, -0.2) is 20.8 Å². The lowest BCUT2D eigenvalue weighted by molar-refractivity contribution is 0.00539. The molecule has 0 aromatic heterocycles. The fraction of sp³-hybridized carbons (Fsp3) is 1.00. The summed E-state index contributed by atoms with van der Waals surface area (Å²) >= 11 is 0. The van der Waals surface area contributed by atoms with Crippen LogP contribution >= 0.6 is 0 Å². The molecule has 0 aromatic carbocycles. The molecule has 2 aliphatic rings. The van der Waals surface area contributed by atoms with Gasteiger partial charge in [-0.15, -0.1) is 0 Å². The van der Waals surface area contributed by atoms with Gasteiger partial charge in [-0.05, 0) is 38.8 Å². The first-order valence-electron chi connectivity index (χ1n) is 4.56. The van der Waals surface area contributed by atoms with Crippen LogP contribution in [0.15, 0.2) is 0 Å². The Morgan fingerprint density at radius 2 is 1.64 bits per heavy atom. The van der Waals surface area contributed by atoms with E-state index in [-0.39, 0.29) is 0 Å². The van der Waals surface area contributed by atoms with E-state index in [2.05, 4.69) is 13.8 Å². The Labute approximate surface area is 69.1 Å². The average Bonchev–Trinajstić information content (AvgIpc) is 1.82. The summed E-state index contributed by atoms with van der Waals surface area (Å²) in [6, 6.07) is 2.48. The maximum absolute atomic E-state index is 5.90. The van der Waals surface area contributed by atoms with E-state index in [9.17, 15) is 0 Å². The van der Waals surface area contributed by atoms with Crippen LogP contribution in [0, 0.1) is 0 Å². The highest BCUT2D eigenvalue weighted by Crippen LogP contribution is 2.39. The number of hydrogen-bond donors (Lipinski definition) is 0. The predicted octanol–water partition coefficient (Wildman–Crippen LogP) is 2.05. The van der Waals surface area contributed by atoms with Crippen molar-refractivity contribution in [3.05, 3.63) is 0 Å². The fourth-order valence-corrected chi connectivity index (χ4v) is 5.14. The third-order valence-electron chi connectivity index (χ3n) is 2.61. The van der Waals surface area contributed by atoms with Gasteiger partial charge in [-0.25, -0.2) is 0 Å². The van der Waals surface area contributed by atoms with Gasteiger partial charge in [0.2, 0.25) is 0 Å². The Balaban J connectivity index is 2.00. The molecule has 2 atom stereocenters. The smallest absolute Gasteiger partial charge is 0.338 e. The summed E-state index contributed by atoms with van der Waals surface area (Å²) in [6.07, 6.45) is 3.30. The molecule has 2 fully saturated rings. The Morgan fingerprint density at radius 3 is 2.00 bits per heavy atom. The van der Waals surface area contributed by atoms with E-state index in [1.165, 1.54) is 18.5 Å². The van der Waals surface area contributed by atoms with Gasteiger partial charge in [0, 0.05) is 12.2 Å². The molecular formula is C8H16O2Si. The lowest BCUT2D eigenvalue weighted by Crippen LogP contribution is -2.55. The van der Waals surface area contributed by atoms with E-state index >= 15 is 0 Å². The first-order valence-corrected chi connectivity index (χ1v) is 6.79. The number of hydrogen-bond acceptors (Lipinski definition) is 2. The molecule has 0 aliphatic carbocycles. The van der Waals surface area contributed by atoms with Crippen LogP contribution < -0.4 is 0 Å². The maximum Gasteiger partial charge on any atom is 0.338 e. The highest BCUT2D eigenvalue weighted by atomic mass is 28.4. The minimum Gasteiger partial charge on any atom is -0.391 e. The summed E-state index contributed by atoms with van der Waals surface area (Å²) in [5.74, 6) is 0. The minimum absolute atomic E-state index is 0.450. The van der Waals surface area contributed by atoms with Gasteiger partial charge in [0.15, 0.2) is 0 Å². The monoisotopic (exact) mass is 172 g/mol. The van der Waals surface area contributed by atoms with Crippen LogP contribution in [0.4, 0.5) is 0 Å². The molecule has 0 N–H and O–H groups in total. The van der Waals surface area contributed by atoms with Gasteiger partial charge in [-0.1, -0.05) is 0 Å². The maximum atomic E-state index is 5.90. The average molecular weight is 172 g/mol. The molecule has 0 bridgehead atoms. The van der Waals surface area contributed by atoms with Crippen LogP contribution in [0.3, 0.4) is 0 Å². The zero-order chi connectivity index (χ0) is 7.90. The molecule has 0 radical (unpaired) electrons. The molecule has 0 aromatic rings. The van der Waals surface area contributed by atoms with Crippen molar-refractivity contribution in [3.8, 4) is 0 Å². The first-order chi connectivity index (χ1) is 5.20. The van der Waals surface area contributed by atoms with Crippen LogP contribution in [-0.2, 0) is 8.85 Å². The molecular weight excluding hydrogens is 156 g/mol. The zero-order valence-electron chi connectivity index (χ0n) is 7.30. The van der Waals surface area contributed by atoms with Crippen molar-refractivity contribution in [2.75, 3.05) is 0 Å². The molecule has 2 nitrogen and oxygen atoms in total. The predicted molar refractivity (Wildman–Crippen MR) is 45.7 cm³/mol. The van der Waals surface area contributed by atoms with Crippen LogP contribution in [0.5, 0.6) is 0 Å². The van der Waals surface area contributed by atoms with E-state index in [1.807, 2.05) is 0 Å². The van der Waals surface area contributed by atoms with Gasteiger partial charge in [-0.3, -0.25) is 0 Å². The Kier molecular flexibility index (Phi) is 1.82. The van der Waals surface area contributed by atoms with E-state index in [4.69, 9.17) is 8.85 Å². The lowest BCUT2D eigenvalue weighted by Gasteiger charge is -2.46. The summed E-state index contributed by atoms with van der Waals surface area (Å²) in [5, 5.41) is 0. The van der Waals surface area contributed by atoms with Crippen LogP contribution in [0.1, 0.15) is 26.7 Å². The van der Waals surface area contributed by atoms with Crippen molar-refractivity contribution in [2.45, 2.75) is 51.0 Å². The second kappa shape index (κ2) is 2.57. The van der Waals surface area contributed by atoms with Crippen molar-refractivity contribution in [3.63, 3.8) is 0 Å². The van der Waals surface area contributed by atoms with Gasteiger partial charge in [0.25, 0.3) is 0 Å². The molecule has 2 heterocycles. The molecule has 2 unspecified atom stereocenters. The molecule has 2 aliphatic heterocycles. The third kappa shape index (κ3) is 1.37. The zero-order valence-corrected chi connectivity index (χ0v) is 8.30. The van der Waals surface area contributed by atoms with E-state index < -0.39 is 8.56 Å². The lowest BCUT2D eigenvalue weighted by atomic mass is 10.2. The van der Waals surface area contributed by atoms with Crippen molar-refractivity contribution in [1.29, 1.82) is 0 Å². The SMILES string of the molecule is CC1CC(C)O[Si]2(CCC2)O1. The Bertz CT molecular complexity index is 144. The third-order valence-corrected chi connectivity index (χ3v) is 6.51. The summed E-state index contributed by atoms with van der Waals surface area (Å²) in [7, 11) is -1.56. The van der Waals surface area contributed by atoms with Gasteiger partial charge in [-0.2, -0.15) is 0 Å². The summed E-state index contributed by atoms with van der Waals surface area (Å²) in [5.41, 5.74) is 0. The van der Waals surface area contributed by atoms with Crippen LogP contribution in [0.2, 0.25) is 12.1 Å². The molecule has 1 spiro atoms. The second-order valence-corrected chi connectivity index (χ2v) is 7.15. The summed E-state index contributed by atoms with van der Waals surface area (Å²) < 4.78 is 11.8. The molecule has 3 heteroatoms. The van der Waals surface area contributed by atoms with Crippen LogP contribution in [0.25, 0.3) is 0 Å². The Hall–Kier alpha value is 0.137. The molecule has 2 saturated heterocycles. The van der Waals surface area contributed by atoms with Gasteiger partial charge < -0.3 is 8.85 Å². The second-order valence-electron chi connectivity index (χ2n) is 3.86. The van der Waals surface area contributed by atoms with Crippen molar-refractivity contribution in [1.82, 2.24) is 0 Å².